The number of amides is 1. The van der Waals surface area contributed by atoms with Crippen LogP contribution < -0.4 is 10.2 Å². The van der Waals surface area contributed by atoms with E-state index in [4.69, 9.17) is 0 Å². The Bertz CT molecular complexity index is 1060. The Hall–Kier alpha value is -3.23. The normalized spacial score (nSPS) is 17.0. The zero-order valence-electron chi connectivity index (χ0n) is 16.0. The van der Waals surface area contributed by atoms with Crippen molar-refractivity contribution in [3.05, 3.63) is 35.2 Å². The summed E-state index contributed by atoms with van der Waals surface area (Å²) < 4.78 is 1.65. The van der Waals surface area contributed by atoms with E-state index < -0.39 is 0 Å². The highest BCUT2D eigenvalue weighted by atomic mass is 16.1. The highest BCUT2D eigenvalue weighted by Crippen LogP contribution is 2.33. The lowest BCUT2D eigenvalue weighted by Crippen LogP contribution is -2.34. The van der Waals surface area contributed by atoms with E-state index in [1.165, 1.54) is 0 Å². The molecule has 140 valence electrons. The van der Waals surface area contributed by atoms with Crippen molar-refractivity contribution in [3.63, 3.8) is 0 Å². The molecular formula is C18H22N8O. The maximum Gasteiger partial charge on any atom is 0.255 e. The van der Waals surface area contributed by atoms with Crippen LogP contribution in [0.3, 0.4) is 0 Å². The van der Waals surface area contributed by atoms with Crippen LogP contribution in [-0.4, -0.2) is 43.4 Å². The molecule has 0 aliphatic carbocycles. The number of nitrogens with one attached hydrogen (secondary N) is 2. The highest BCUT2D eigenvalue weighted by Gasteiger charge is 2.32. The zero-order chi connectivity index (χ0) is 19.3. The van der Waals surface area contributed by atoms with Crippen LogP contribution in [0.1, 0.15) is 45.3 Å². The minimum atomic E-state index is -0.255. The molecule has 2 aromatic heterocycles. The molecule has 4 rings (SSSR count). The summed E-state index contributed by atoms with van der Waals surface area (Å²) >= 11 is 0. The largest absolute Gasteiger partial charge is 0.322 e. The van der Waals surface area contributed by atoms with Gasteiger partial charge in [0.1, 0.15) is 0 Å². The van der Waals surface area contributed by atoms with Gasteiger partial charge in [-0.05, 0) is 48.4 Å². The first-order chi connectivity index (χ1) is 12.9. The van der Waals surface area contributed by atoms with Crippen LogP contribution in [-0.2, 0) is 4.79 Å². The fourth-order valence-electron chi connectivity index (χ4n) is 3.52. The number of carbonyl (C=O) groups excluding carboxylic acids is 1. The van der Waals surface area contributed by atoms with Crippen LogP contribution in [0.2, 0.25) is 0 Å². The molecule has 3 aromatic rings. The maximum atomic E-state index is 13.1. The van der Waals surface area contributed by atoms with Gasteiger partial charge in [0.05, 0.1) is 17.1 Å². The molecule has 0 unspecified atom stereocenters. The van der Waals surface area contributed by atoms with E-state index in [1.807, 2.05) is 44.0 Å². The van der Waals surface area contributed by atoms with Crippen molar-refractivity contribution < 1.29 is 4.79 Å². The predicted molar refractivity (Wildman–Crippen MR) is 102 cm³/mol. The Morgan fingerprint density at radius 2 is 2.11 bits per heavy atom. The highest BCUT2D eigenvalue weighted by molar-refractivity contribution is 6.06. The molecule has 0 radical (unpaired) electrons. The van der Waals surface area contributed by atoms with Gasteiger partial charge in [-0.1, -0.05) is 18.9 Å². The van der Waals surface area contributed by atoms with Gasteiger partial charge in [-0.3, -0.25) is 9.89 Å². The minimum Gasteiger partial charge on any atom is -0.322 e. The molecule has 2 N–H and O–H groups in total. The average Bonchev–Trinajstić information content (AvgIpc) is 3.27. The molecule has 0 bridgehead atoms. The smallest absolute Gasteiger partial charge is 0.255 e. The summed E-state index contributed by atoms with van der Waals surface area (Å²) in [6, 6.07) is 5.47. The Morgan fingerprint density at radius 1 is 1.33 bits per heavy atom. The third-order valence-electron chi connectivity index (χ3n) is 5.12. The van der Waals surface area contributed by atoms with Gasteiger partial charge in [-0.25, -0.2) is 4.68 Å². The first-order valence-corrected chi connectivity index (χ1v) is 8.90. The van der Waals surface area contributed by atoms with E-state index in [0.717, 1.165) is 28.0 Å². The van der Waals surface area contributed by atoms with Gasteiger partial charge in [-0.2, -0.15) is 5.10 Å². The standard InChI is InChI=1S/C18H22N8O/c1-9(2)16-13-8-12(6-7-14(13)20-21-16)19-17(27)15-10(3)25(5)18-22-23-24-26(18)11(15)4/h6-9,11H,1-5H3,(H,19,27)(H,20,21)/t11-/m1/s1. The Kier molecular flexibility index (Phi) is 3.94. The fraction of sp³-hybridized carbons (Fsp3) is 0.389. The van der Waals surface area contributed by atoms with Gasteiger partial charge < -0.3 is 10.2 Å². The van der Waals surface area contributed by atoms with Crippen LogP contribution in [0.25, 0.3) is 10.9 Å². The molecule has 3 heterocycles. The second kappa shape index (κ2) is 6.19. The molecule has 0 saturated carbocycles. The molecule has 1 aliphatic rings. The van der Waals surface area contributed by atoms with Crippen LogP contribution in [0.4, 0.5) is 11.6 Å². The number of nitrogens with zero attached hydrogens (tertiary/aromatic N) is 6. The summed E-state index contributed by atoms with van der Waals surface area (Å²) in [4.78, 5) is 14.9. The van der Waals surface area contributed by atoms with E-state index in [2.05, 4.69) is 44.9 Å². The maximum absolute atomic E-state index is 13.1. The van der Waals surface area contributed by atoms with Crippen molar-refractivity contribution in [3.8, 4) is 0 Å². The van der Waals surface area contributed by atoms with Gasteiger partial charge >= 0.3 is 0 Å². The van der Waals surface area contributed by atoms with Crippen molar-refractivity contribution in [2.75, 3.05) is 17.3 Å². The van der Waals surface area contributed by atoms with Crippen molar-refractivity contribution in [1.82, 2.24) is 30.4 Å². The number of hydrogen-bond donors (Lipinski definition) is 2. The molecule has 9 heteroatoms. The number of allylic oxidation sites excluding steroid dienone is 1. The van der Waals surface area contributed by atoms with Gasteiger partial charge in [0.2, 0.25) is 5.95 Å². The van der Waals surface area contributed by atoms with Gasteiger partial charge in [0, 0.05) is 29.5 Å². The van der Waals surface area contributed by atoms with Crippen LogP contribution in [0, 0.1) is 0 Å². The van der Waals surface area contributed by atoms with Gasteiger partial charge in [0.15, 0.2) is 0 Å². The zero-order valence-corrected chi connectivity index (χ0v) is 16.0. The SMILES string of the molecule is CC1=C(C(=O)Nc2ccc3n[nH]c(C(C)C)c3c2)[C@@H](C)n2nnnc2N1C. The number of aromatic nitrogens is 6. The number of fused-ring (bicyclic) bond motifs is 2. The molecule has 0 fully saturated rings. The molecule has 0 saturated heterocycles. The minimum absolute atomic E-state index is 0.165. The van der Waals surface area contributed by atoms with E-state index in [0.29, 0.717) is 17.4 Å². The van der Waals surface area contributed by atoms with E-state index in [-0.39, 0.29) is 11.9 Å². The monoisotopic (exact) mass is 366 g/mol. The Labute approximate surface area is 156 Å². The quantitative estimate of drug-likeness (QED) is 0.738. The van der Waals surface area contributed by atoms with Crippen molar-refractivity contribution >= 4 is 28.4 Å². The predicted octanol–water partition coefficient (Wildman–Crippen LogP) is 2.60. The molecule has 1 atom stereocenters. The summed E-state index contributed by atoms with van der Waals surface area (Å²) in [5, 5.41) is 23.2. The molecule has 27 heavy (non-hydrogen) atoms. The average molecular weight is 366 g/mol. The number of hydrogen-bond acceptors (Lipinski definition) is 6. The summed E-state index contributed by atoms with van der Waals surface area (Å²) in [7, 11) is 1.85. The van der Waals surface area contributed by atoms with Gasteiger partial charge in [0.25, 0.3) is 5.91 Å². The van der Waals surface area contributed by atoms with E-state index in [9.17, 15) is 4.79 Å². The lowest BCUT2D eigenvalue weighted by atomic mass is 10.0. The summed E-state index contributed by atoms with van der Waals surface area (Å²) in [6.07, 6.45) is 0. The number of rotatable bonds is 3. The lowest BCUT2D eigenvalue weighted by molar-refractivity contribution is -0.113. The Balaban J connectivity index is 1.67. The Morgan fingerprint density at radius 3 is 2.85 bits per heavy atom. The number of H-pyrrole nitrogens is 1. The van der Waals surface area contributed by atoms with Crippen molar-refractivity contribution in [2.24, 2.45) is 0 Å². The lowest BCUT2D eigenvalue weighted by Gasteiger charge is -2.30. The summed E-state index contributed by atoms with van der Waals surface area (Å²) in [5.41, 5.74) is 4.13. The molecule has 0 spiro atoms. The van der Waals surface area contributed by atoms with E-state index in [1.54, 1.807) is 4.68 Å². The summed E-state index contributed by atoms with van der Waals surface area (Å²) in [6.45, 7) is 8.03. The van der Waals surface area contributed by atoms with Crippen LogP contribution in [0.15, 0.2) is 29.5 Å². The third-order valence-corrected chi connectivity index (χ3v) is 5.12. The van der Waals surface area contributed by atoms with Gasteiger partial charge in [-0.15, -0.1) is 0 Å². The molecule has 9 nitrogen and oxygen atoms in total. The molecular weight excluding hydrogens is 344 g/mol. The first kappa shape index (κ1) is 17.2. The van der Waals surface area contributed by atoms with Crippen LogP contribution in [0.5, 0.6) is 0 Å². The second-order valence-corrected chi connectivity index (χ2v) is 7.14. The van der Waals surface area contributed by atoms with Crippen molar-refractivity contribution in [1.29, 1.82) is 0 Å². The van der Waals surface area contributed by atoms with Crippen molar-refractivity contribution in [2.45, 2.75) is 39.7 Å². The molecule has 1 aliphatic heterocycles. The topological polar surface area (TPSA) is 105 Å². The number of aromatic amines is 1. The number of carbonyl (C=O) groups is 1. The third kappa shape index (κ3) is 2.66. The molecule has 1 aromatic carbocycles. The first-order valence-electron chi connectivity index (χ1n) is 8.90. The second-order valence-electron chi connectivity index (χ2n) is 7.14. The number of anilines is 2. The summed E-state index contributed by atoms with van der Waals surface area (Å²) in [5.74, 6) is 0.774. The molecule has 1 amide bonds. The van der Waals surface area contributed by atoms with E-state index >= 15 is 0 Å². The number of tetrazole rings is 1. The van der Waals surface area contributed by atoms with Crippen LogP contribution >= 0.6 is 0 Å². The fourth-order valence-corrected chi connectivity index (χ4v) is 3.52. The number of benzene rings is 1.